The monoisotopic (exact) mass is 238 g/mol. The van der Waals surface area contributed by atoms with Crippen molar-refractivity contribution < 1.29 is 14.6 Å². The lowest BCUT2D eigenvalue weighted by Gasteiger charge is -2.03. The molecule has 0 bridgehead atoms. The standard InChI is InChI=1S/C12H14O3S/c1-2-15-10-5-7-11(8-6-10)16-9-3-4-12(13)14/h3-8H,2,9H2,1H3,(H,13,14)/b4-3+. The Labute approximate surface area is 99.1 Å². The van der Waals surface area contributed by atoms with Gasteiger partial charge in [-0.15, -0.1) is 11.8 Å². The molecule has 0 saturated carbocycles. The van der Waals surface area contributed by atoms with Crippen LogP contribution in [0.3, 0.4) is 0 Å². The van der Waals surface area contributed by atoms with Gasteiger partial charge < -0.3 is 9.84 Å². The summed E-state index contributed by atoms with van der Waals surface area (Å²) in [5.74, 6) is 0.598. The Hall–Kier alpha value is -1.42. The number of ether oxygens (including phenoxy) is 1. The lowest BCUT2D eigenvalue weighted by Crippen LogP contribution is -1.90. The Morgan fingerprint density at radius 3 is 2.69 bits per heavy atom. The molecule has 4 heteroatoms. The minimum atomic E-state index is -0.910. The van der Waals surface area contributed by atoms with Crippen LogP contribution in [0.4, 0.5) is 0 Å². The zero-order valence-electron chi connectivity index (χ0n) is 9.05. The Morgan fingerprint density at radius 2 is 2.12 bits per heavy atom. The Bertz CT molecular complexity index is 357. The number of carboxylic acid groups (broad SMARTS) is 1. The molecule has 0 spiro atoms. The van der Waals surface area contributed by atoms with Gasteiger partial charge >= 0.3 is 5.97 Å². The molecule has 0 amide bonds. The van der Waals surface area contributed by atoms with Crippen molar-refractivity contribution in [2.45, 2.75) is 11.8 Å². The van der Waals surface area contributed by atoms with E-state index >= 15 is 0 Å². The first kappa shape index (κ1) is 12.6. The van der Waals surface area contributed by atoms with E-state index in [1.54, 1.807) is 17.8 Å². The van der Waals surface area contributed by atoms with Crippen molar-refractivity contribution in [3.05, 3.63) is 36.4 Å². The number of rotatable bonds is 6. The smallest absolute Gasteiger partial charge is 0.328 e. The molecule has 1 aromatic carbocycles. The highest BCUT2D eigenvalue weighted by Gasteiger charge is 1.94. The predicted octanol–water partition coefficient (Wildman–Crippen LogP) is 2.82. The molecule has 0 radical (unpaired) electrons. The second-order valence-electron chi connectivity index (χ2n) is 2.96. The quantitative estimate of drug-likeness (QED) is 0.611. The van der Waals surface area contributed by atoms with E-state index in [1.807, 2.05) is 31.2 Å². The van der Waals surface area contributed by atoms with E-state index < -0.39 is 5.97 Å². The third-order valence-electron chi connectivity index (χ3n) is 1.74. The highest BCUT2D eigenvalue weighted by Crippen LogP contribution is 2.21. The fourth-order valence-electron chi connectivity index (χ4n) is 1.09. The summed E-state index contributed by atoms with van der Waals surface area (Å²) in [6, 6.07) is 7.74. The van der Waals surface area contributed by atoms with Crippen LogP contribution in [0.1, 0.15) is 6.92 Å². The molecule has 0 aliphatic carbocycles. The summed E-state index contributed by atoms with van der Waals surface area (Å²) in [6.07, 6.45) is 2.78. The van der Waals surface area contributed by atoms with Gasteiger partial charge in [-0.2, -0.15) is 0 Å². The highest BCUT2D eigenvalue weighted by molar-refractivity contribution is 7.99. The van der Waals surface area contributed by atoms with Gasteiger partial charge in [0.25, 0.3) is 0 Å². The molecule has 0 saturated heterocycles. The SMILES string of the molecule is CCOc1ccc(SC/C=C/C(=O)O)cc1. The average Bonchev–Trinajstić information content (AvgIpc) is 2.27. The number of aliphatic carboxylic acids is 1. The van der Waals surface area contributed by atoms with Gasteiger partial charge in [-0.05, 0) is 31.2 Å². The van der Waals surface area contributed by atoms with E-state index in [-0.39, 0.29) is 0 Å². The van der Waals surface area contributed by atoms with Gasteiger partial charge in [-0.3, -0.25) is 0 Å². The maximum absolute atomic E-state index is 10.2. The van der Waals surface area contributed by atoms with Crippen molar-refractivity contribution >= 4 is 17.7 Å². The van der Waals surface area contributed by atoms with Crippen LogP contribution in [-0.2, 0) is 4.79 Å². The second-order valence-corrected chi connectivity index (χ2v) is 4.05. The largest absolute Gasteiger partial charge is 0.494 e. The van der Waals surface area contributed by atoms with Crippen LogP contribution >= 0.6 is 11.8 Å². The van der Waals surface area contributed by atoms with Crippen LogP contribution in [0.2, 0.25) is 0 Å². The topological polar surface area (TPSA) is 46.5 Å². The second kappa shape index (κ2) is 6.95. The summed E-state index contributed by atoms with van der Waals surface area (Å²) < 4.78 is 5.32. The fraction of sp³-hybridized carbons (Fsp3) is 0.250. The van der Waals surface area contributed by atoms with E-state index in [0.29, 0.717) is 12.4 Å². The first-order chi connectivity index (χ1) is 7.72. The molecule has 16 heavy (non-hydrogen) atoms. The van der Waals surface area contributed by atoms with Gasteiger partial charge in [0.05, 0.1) is 6.61 Å². The molecule has 0 heterocycles. The minimum Gasteiger partial charge on any atom is -0.494 e. The summed E-state index contributed by atoms with van der Waals surface area (Å²) in [5, 5.41) is 8.39. The molecule has 1 rings (SSSR count). The maximum atomic E-state index is 10.2. The highest BCUT2D eigenvalue weighted by atomic mass is 32.2. The molecule has 1 N–H and O–H groups in total. The fourth-order valence-corrected chi connectivity index (χ4v) is 1.81. The van der Waals surface area contributed by atoms with Crippen molar-refractivity contribution in [1.82, 2.24) is 0 Å². The molecule has 3 nitrogen and oxygen atoms in total. The number of carbonyl (C=O) groups is 1. The lowest BCUT2D eigenvalue weighted by atomic mass is 10.3. The maximum Gasteiger partial charge on any atom is 0.328 e. The Balaban J connectivity index is 2.40. The zero-order chi connectivity index (χ0) is 11.8. The van der Waals surface area contributed by atoms with Crippen LogP contribution in [0.25, 0.3) is 0 Å². The number of hydrogen-bond donors (Lipinski definition) is 1. The summed E-state index contributed by atoms with van der Waals surface area (Å²) in [5.41, 5.74) is 0. The molecule has 86 valence electrons. The number of thioether (sulfide) groups is 1. The summed E-state index contributed by atoms with van der Waals surface area (Å²) in [7, 11) is 0. The van der Waals surface area contributed by atoms with E-state index in [0.717, 1.165) is 16.7 Å². The Kier molecular flexibility index (Phi) is 5.50. The Morgan fingerprint density at radius 1 is 1.44 bits per heavy atom. The third kappa shape index (κ3) is 4.89. The van der Waals surface area contributed by atoms with Crippen molar-refractivity contribution in [2.75, 3.05) is 12.4 Å². The van der Waals surface area contributed by atoms with Crippen LogP contribution in [0.15, 0.2) is 41.3 Å². The molecule has 0 aromatic heterocycles. The van der Waals surface area contributed by atoms with Crippen LogP contribution in [0.5, 0.6) is 5.75 Å². The van der Waals surface area contributed by atoms with E-state index in [2.05, 4.69) is 0 Å². The third-order valence-corrected chi connectivity index (χ3v) is 2.71. The van der Waals surface area contributed by atoms with Gasteiger partial charge in [-0.1, -0.05) is 6.08 Å². The van der Waals surface area contributed by atoms with Crippen LogP contribution < -0.4 is 4.74 Å². The van der Waals surface area contributed by atoms with Gasteiger partial charge in [0.2, 0.25) is 0 Å². The number of benzene rings is 1. The minimum absolute atomic E-state index is 0.653. The number of hydrogen-bond acceptors (Lipinski definition) is 3. The van der Waals surface area contributed by atoms with E-state index in [1.165, 1.54) is 0 Å². The van der Waals surface area contributed by atoms with Gasteiger partial charge in [-0.25, -0.2) is 4.79 Å². The molecule has 0 unspecified atom stereocenters. The average molecular weight is 238 g/mol. The summed E-state index contributed by atoms with van der Waals surface area (Å²) >= 11 is 1.58. The van der Waals surface area contributed by atoms with Crippen molar-refractivity contribution in [2.24, 2.45) is 0 Å². The lowest BCUT2D eigenvalue weighted by molar-refractivity contribution is -0.131. The van der Waals surface area contributed by atoms with E-state index in [4.69, 9.17) is 9.84 Å². The number of carboxylic acids is 1. The van der Waals surface area contributed by atoms with Crippen molar-refractivity contribution in [3.8, 4) is 5.75 Å². The molecular weight excluding hydrogens is 224 g/mol. The first-order valence-electron chi connectivity index (χ1n) is 4.97. The van der Waals surface area contributed by atoms with Gasteiger partial charge in [0, 0.05) is 16.7 Å². The molecule has 0 aliphatic rings. The van der Waals surface area contributed by atoms with Gasteiger partial charge in [0.1, 0.15) is 5.75 Å². The zero-order valence-corrected chi connectivity index (χ0v) is 9.87. The summed E-state index contributed by atoms with van der Waals surface area (Å²) in [4.78, 5) is 11.3. The first-order valence-corrected chi connectivity index (χ1v) is 5.96. The molecule has 1 aromatic rings. The van der Waals surface area contributed by atoms with E-state index in [9.17, 15) is 4.79 Å². The summed E-state index contributed by atoms with van der Waals surface area (Å²) in [6.45, 7) is 2.60. The van der Waals surface area contributed by atoms with Crippen molar-refractivity contribution in [1.29, 1.82) is 0 Å². The van der Waals surface area contributed by atoms with Crippen LogP contribution in [-0.4, -0.2) is 23.4 Å². The molecular formula is C12H14O3S. The van der Waals surface area contributed by atoms with Crippen molar-refractivity contribution in [3.63, 3.8) is 0 Å². The predicted molar refractivity (Wildman–Crippen MR) is 65.1 cm³/mol. The molecule has 0 aliphatic heterocycles. The van der Waals surface area contributed by atoms with Crippen LogP contribution in [0, 0.1) is 0 Å². The molecule has 0 fully saturated rings. The molecule has 0 atom stereocenters. The normalized spacial score (nSPS) is 10.6. The van der Waals surface area contributed by atoms with Gasteiger partial charge in [0.15, 0.2) is 0 Å².